The number of sulfonamides is 1. The van der Waals surface area contributed by atoms with Crippen molar-refractivity contribution < 1.29 is 18.1 Å². The number of fused-ring (bicyclic) bond motifs is 1. The van der Waals surface area contributed by atoms with Gasteiger partial charge in [0.25, 0.3) is 11.6 Å². The van der Waals surface area contributed by atoms with Crippen LogP contribution in [0.1, 0.15) is 22.3 Å². The summed E-state index contributed by atoms with van der Waals surface area (Å²) in [5, 5.41) is 13.4. The molecule has 0 radical (unpaired) electrons. The van der Waals surface area contributed by atoms with Crippen LogP contribution in [0.25, 0.3) is 0 Å². The number of hydrogen-bond donors (Lipinski definition) is 1. The molecule has 0 atom stereocenters. The van der Waals surface area contributed by atoms with Crippen molar-refractivity contribution in [3.05, 3.63) is 62.7 Å². The monoisotopic (exact) mass is 409 g/mol. The first-order valence-electron chi connectivity index (χ1n) is 8.03. The SMILES string of the molecule is CS(=O)(=O)N1CCCc2cc(NC(=O)c3ccc([N+](=O)[O-])cc3Cl)ccc21. The number of halogens is 1. The molecule has 0 spiro atoms. The minimum Gasteiger partial charge on any atom is -0.322 e. The maximum atomic E-state index is 12.4. The Balaban J connectivity index is 1.85. The third kappa shape index (κ3) is 4.04. The number of amides is 1. The molecule has 0 aliphatic carbocycles. The third-order valence-corrected chi connectivity index (χ3v) is 5.71. The summed E-state index contributed by atoms with van der Waals surface area (Å²) >= 11 is 5.98. The van der Waals surface area contributed by atoms with E-state index in [9.17, 15) is 23.3 Å². The zero-order valence-corrected chi connectivity index (χ0v) is 15.9. The van der Waals surface area contributed by atoms with E-state index in [0.717, 1.165) is 17.9 Å². The van der Waals surface area contributed by atoms with Crippen LogP contribution >= 0.6 is 11.6 Å². The number of carbonyl (C=O) groups is 1. The highest BCUT2D eigenvalue weighted by Crippen LogP contribution is 2.31. The number of anilines is 2. The van der Waals surface area contributed by atoms with Crippen LogP contribution in [0.15, 0.2) is 36.4 Å². The summed E-state index contributed by atoms with van der Waals surface area (Å²) in [5.41, 5.74) is 1.82. The molecule has 1 aliphatic rings. The van der Waals surface area contributed by atoms with E-state index in [2.05, 4.69) is 5.32 Å². The van der Waals surface area contributed by atoms with Crippen LogP contribution < -0.4 is 9.62 Å². The zero-order chi connectivity index (χ0) is 19.8. The van der Waals surface area contributed by atoms with Crippen molar-refractivity contribution in [1.82, 2.24) is 0 Å². The van der Waals surface area contributed by atoms with Gasteiger partial charge in [-0.1, -0.05) is 11.6 Å². The Hall–Kier alpha value is -2.65. The lowest BCUT2D eigenvalue weighted by atomic mass is 10.0. The molecular weight excluding hydrogens is 394 g/mol. The normalized spacial score (nSPS) is 13.8. The van der Waals surface area contributed by atoms with Crippen LogP contribution in [0, 0.1) is 10.1 Å². The summed E-state index contributed by atoms with van der Waals surface area (Å²) in [6.07, 6.45) is 2.55. The van der Waals surface area contributed by atoms with Crippen LogP contribution in [-0.4, -0.2) is 32.0 Å². The second-order valence-electron chi connectivity index (χ2n) is 6.16. The molecule has 0 aromatic heterocycles. The lowest BCUT2D eigenvalue weighted by Gasteiger charge is -2.29. The van der Waals surface area contributed by atoms with Gasteiger partial charge in [0.05, 0.1) is 27.5 Å². The number of non-ortho nitro benzene ring substituents is 1. The Kier molecular flexibility index (Phi) is 5.07. The first-order chi connectivity index (χ1) is 12.7. The molecule has 10 heteroatoms. The molecule has 0 saturated carbocycles. The van der Waals surface area contributed by atoms with Gasteiger partial charge in [0.15, 0.2) is 0 Å². The van der Waals surface area contributed by atoms with Crippen molar-refractivity contribution >= 4 is 44.6 Å². The largest absolute Gasteiger partial charge is 0.322 e. The van der Waals surface area contributed by atoms with E-state index < -0.39 is 20.9 Å². The van der Waals surface area contributed by atoms with Crippen LogP contribution in [-0.2, 0) is 16.4 Å². The molecule has 2 aromatic carbocycles. The minimum atomic E-state index is -3.36. The number of nitrogens with zero attached hydrogens (tertiary/aromatic N) is 2. The summed E-state index contributed by atoms with van der Waals surface area (Å²) in [6.45, 7) is 0.427. The van der Waals surface area contributed by atoms with Gasteiger partial charge in [-0.15, -0.1) is 0 Å². The van der Waals surface area contributed by atoms with E-state index in [1.54, 1.807) is 18.2 Å². The fraction of sp³-hybridized carbons (Fsp3) is 0.235. The number of rotatable bonds is 4. The van der Waals surface area contributed by atoms with E-state index in [1.165, 1.54) is 16.4 Å². The highest BCUT2D eigenvalue weighted by molar-refractivity contribution is 7.92. The predicted octanol–water partition coefficient (Wildman–Crippen LogP) is 3.21. The maximum Gasteiger partial charge on any atom is 0.270 e. The lowest BCUT2D eigenvalue weighted by molar-refractivity contribution is -0.384. The highest BCUT2D eigenvalue weighted by Gasteiger charge is 2.24. The molecule has 1 aliphatic heterocycles. The molecule has 0 saturated heterocycles. The van der Waals surface area contributed by atoms with Gasteiger partial charge in [0.1, 0.15) is 0 Å². The van der Waals surface area contributed by atoms with Crippen LogP contribution in [0.4, 0.5) is 17.1 Å². The highest BCUT2D eigenvalue weighted by atomic mass is 35.5. The van der Waals surface area contributed by atoms with Crippen LogP contribution in [0.5, 0.6) is 0 Å². The standard InChI is InChI=1S/C17H16ClN3O5S/c1-27(25,26)20-8-2-3-11-9-12(4-7-16(11)20)19-17(22)14-6-5-13(21(23)24)10-15(14)18/h4-7,9-10H,2-3,8H2,1H3,(H,19,22). The number of nitro groups is 1. The van der Waals surface area contributed by atoms with E-state index in [1.807, 2.05) is 0 Å². The molecular formula is C17H16ClN3O5S. The van der Waals surface area contributed by atoms with Gasteiger partial charge in [-0.25, -0.2) is 8.42 Å². The second kappa shape index (κ2) is 7.16. The smallest absolute Gasteiger partial charge is 0.270 e. The second-order valence-corrected chi connectivity index (χ2v) is 8.47. The molecule has 0 fully saturated rings. The number of aryl methyl sites for hydroxylation is 1. The Bertz CT molecular complexity index is 1040. The summed E-state index contributed by atoms with van der Waals surface area (Å²) < 4.78 is 25.2. The van der Waals surface area contributed by atoms with Gasteiger partial charge in [-0.3, -0.25) is 19.2 Å². The Morgan fingerprint density at radius 2 is 2.00 bits per heavy atom. The molecule has 142 valence electrons. The minimum absolute atomic E-state index is 0.0251. The zero-order valence-electron chi connectivity index (χ0n) is 14.3. The van der Waals surface area contributed by atoms with Gasteiger partial charge in [0, 0.05) is 24.4 Å². The van der Waals surface area contributed by atoms with Crippen LogP contribution in [0.3, 0.4) is 0 Å². The fourth-order valence-corrected chi connectivity index (χ4v) is 4.24. The summed E-state index contributed by atoms with van der Waals surface area (Å²) in [6, 6.07) is 8.61. The number of nitro benzene ring substituents is 1. The lowest BCUT2D eigenvalue weighted by Crippen LogP contribution is -2.34. The number of nitrogens with one attached hydrogen (secondary N) is 1. The summed E-state index contributed by atoms with van der Waals surface area (Å²) in [4.78, 5) is 22.6. The number of benzene rings is 2. The molecule has 2 aromatic rings. The molecule has 3 rings (SSSR count). The average Bonchev–Trinajstić information content (AvgIpc) is 2.59. The van der Waals surface area contributed by atoms with E-state index in [0.29, 0.717) is 30.8 Å². The van der Waals surface area contributed by atoms with Crippen molar-refractivity contribution in [2.75, 3.05) is 22.4 Å². The predicted molar refractivity (Wildman–Crippen MR) is 103 cm³/mol. The Morgan fingerprint density at radius 1 is 1.26 bits per heavy atom. The molecule has 8 nitrogen and oxygen atoms in total. The Morgan fingerprint density at radius 3 is 2.63 bits per heavy atom. The van der Waals surface area contributed by atoms with Gasteiger partial charge < -0.3 is 5.32 Å². The number of hydrogen-bond acceptors (Lipinski definition) is 5. The van der Waals surface area contributed by atoms with Crippen molar-refractivity contribution in [3.63, 3.8) is 0 Å². The molecule has 1 heterocycles. The summed E-state index contributed by atoms with van der Waals surface area (Å²) in [7, 11) is -3.36. The van der Waals surface area contributed by atoms with Crippen molar-refractivity contribution in [3.8, 4) is 0 Å². The molecule has 1 amide bonds. The van der Waals surface area contributed by atoms with E-state index in [4.69, 9.17) is 11.6 Å². The van der Waals surface area contributed by atoms with Crippen molar-refractivity contribution in [1.29, 1.82) is 0 Å². The molecule has 27 heavy (non-hydrogen) atoms. The molecule has 1 N–H and O–H groups in total. The molecule has 0 unspecified atom stereocenters. The first kappa shape index (κ1) is 19.1. The van der Waals surface area contributed by atoms with Gasteiger partial charge in [0.2, 0.25) is 10.0 Å². The number of carbonyl (C=O) groups excluding carboxylic acids is 1. The maximum absolute atomic E-state index is 12.4. The van der Waals surface area contributed by atoms with Crippen molar-refractivity contribution in [2.45, 2.75) is 12.8 Å². The topological polar surface area (TPSA) is 110 Å². The van der Waals surface area contributed by atoms with E-state index >= 15 is 0 Å². The Labute approximate surface area is 160 Å². The van der Waals surface area contributed by atoms with Gasteiger partial charge >= 0.3 is 0 Å². The van der Waals surface area contributed by atoms with Crippen LogP contribution in [0.2, 0.25) is 5.02 Å². The fourth-order valence-electron chi connectivity index (χ4n) is 2.99. The first-order valence-corrected chi connectivity index (χ1v) is 10.3. The molecule has 0 bridgehead atoms. The van der Waals surface area contributed by atoms with Crippen molar-refractivity contribution in [2.24, 2.45) is 0 Å². The van der Waals surface area contributed by atoms with E-state index in [-0.39, 0.29) is 16.3 Å². The van der Waals surface area contributed by atoms with Gasteiger partial charge in [-0.05, 0) is 42.7 Å². The average molecular weight is 410 g/mol. The quantitative estimate of drug-likeness (QED) is 0.615. The van der Waals surface area contributed by atoms with Gasteiger partial charge in [-0.2, -0.15) is 0 Å². The third-order valence-electron chi connectivity index (χ3n) is 4.22. The summed E-state index contributed by atoms with van der Waals surface area (Å²) in [5.74, 6) is -0.509.